The van der Waals surface area contributed by atoms with E-state index in [0.717, 1.165) is 6.20 Å². The van der Waals surface area contributed by atoms with Gasteiger partial charge >= 0.3 is 12.5 Å². The second-order valence-electron chi connectivity index (χ2n) is 5.84. The van der Waals surface area contributed by atoms with Crippen LogP contribution < -0.4 is 5.56 Å². The van der Waals surface area contributed by atoms with Crippen LogP contribution in [-0.2, 0) is 11.3 Å². The number of carbonyl (C=O) groups is 1. The van der Waals surface area contributed by atoms with Crippen LogP contribution in [0.3, 0.4) is 0 Å². The Morgan fingerprint density at radius 3 is 2.58 bits per heavy atom. The fourth-order valence-electron chi connectivity index (χ4n) is 2.54. The first-order chi connectivity index (χ1) is 12.4. The van der Waals surface area contributed by atoms with E-state index < -0.39 is 19.1 Å². The van der Waals surface area contributed by atoms with Crippen molar-refractivity contribution in [2.75, 3.05) is 0 Å². The zero-order valence-electron chi connectivity index (χ0n) is 14.1. The maximum Gasteiger partial charge on any atom is 0.359 e. The van der Waals surface area contributed by atoms with Gasteiger partial charge in [-0.1, -0.05) is 18.2 Å². The first kappa shape index (κ1) is 17.7. The average Bonchev–Trinajstić information content (AvgIpc) is 3.09. The number of alkyl halides is 2. The Hall–Kier alpha value is -3.10. The van der Waals surface area contributed by atoms with E-state index in [4.69, 9.17) is 4.74 Å². The minimum atomic E-state index is -2.78. The summed E-state index contributed by atoms with van der Waals surface area (Å²) in [6, 6.07) is 6.27. The lowest BCUT2D eigenvalue weighted by atomic mass is 10.1. The molecule has 2 heterocycles. The molecule has 0 radical (unpaired) electrons. The highest BCUT2D eigenvalue weighted by atomic mass is 19.3. The fraction of sp³-hybridized carbons (Fsp3) is 0.294. The SMILES string of the molecule is CC(C)n1nc(C(=O)OCc2nccn2C(F)F)c2ccccc2c1=O. The van der Waals surface area contributed by atoms with Gasteiger partial charge in [-0.15, -0.1) is 0 Å². The molecule has 0 bridgehead atoms. The molecule has 2 aromatic heterocycles. The van der Waals surface area contributed by atoms with Gasteiger partial charge < -0.3 is 4.74 Å². The first-order valence-electron chi connectivity index (χ1n) is 7.88. The quantitative estimate of drug-likeness (QED) is 0.652. The second-order valence-corrected chi connectivity index (χ2v) is 5.84. The number of esters is 1. The number of imidazole rings is 1. The van der Waals surface area contributed by atoms with Gasteiger partial charge in [-0.2, -0.15) is 13.9 Å². The standard InChI is InChI=1S/C17H16F2N4O3/c1-10(2)23-15(24)12-6-4-3-5-11(12)14(21-23)16(25)26-9-13-20-7-8-22(13)17(18)19/h3-8,10,17H,9H2,1-2H3. The molecule has 3 rings (SSSR count). The van der Waals surface area contributed by atoms with Crippen LogP contribution in [-0.4, -0.2) is 25.3 Å². The van der Waals surface area contributed by atoms with E-state index in [1.165, 1.54) is 10.9 Å². The van der Waals surface area contributed by atoms with Crippen LogP contribution in [0.5, 0.6) is 0 Å². The summed E-state index contributed by atoms with van der Waals surface area (Å²) >= 11 is 0. The molecule has 0 N–H and O–H groups in total. The number of ether oxygens (including phenoxy) is 1. The van der Waals surface area contributed by atoms with Gasteiger partial charge in [0.05, 0.1) is 11.4 Å². The molecule has 0 saturated heterocycles. The third kappa shape index (κ3) is 3.19. The maximum atomic E-state index is 12.8. The molecule has 0 aliphatic heterocycles. The summed E-state index contributed by atoms with van der Waals surface area (Å²) in [5.74, 6) is -0.908. The fourth-order valence-corrected chi connectivity index (χ4v) is 2.54. The van der Waals surface area contributed by atoms with Gasteiger partial charge in [-0.05, 0) is 19.9 Å². The average molecular weight is 362 g/mol. The molecule has 7 nitrogen and oxygen atoms in total. The zero-order valence-corrected chi connectivity index (χ0v) is 14.1. The molecule has 0 saturated carbocycles. The Morgan fingerprint density at radius 1 is 1.23 bits per heavy atom. The summed E-state index contributed by atoms with van der Waals surface area (Å²) in [5, 5.41) is 4.79. The second kappa shape index (κ2) is 7.03. The maximum absolute atomic E-state index is 12.8. The molecule has 0 unspecified atom stereocenters. The van der Waals surface area contributed by atoms with Gasteiger partial charge in [0.15, 0.2) is 11.5 Å². The van der Waals surface area contributed by atoms with Gasteiger partial charge in [-0.25, -0.2) is 14.5 Å². The monoisotopic (exact) mass is 362 g/mol. The summed E-state index contributed by atoms with van der Waals surface area (Å²) in [7, 11) is 0. The molecule has 0 amide bonds. The van der Waals surface area contributed by atoms with E-state index in [1.807, 2.05) is 0 Å². The molecular weight excluding hydrogens is 346 g/mol. The van der Waals surface area contributed by atoms with Crippen LogP contribution in [0.15, 0.2) is 41.5 Å². The minimum absolute atomic E-state index is 0.0518. The Bertz CT molecular complexity index is 1010. The van der Waals surface area contributed by atoms with Gasteiger partial charge in [0.25, 0.3) is 5.56 Å². The van der Waals surface area contributed by atoms with E-state index in [-0.39, 0.29) is 23.1 Å². The van der Waals surface area contributed by atoms with E-state index in [9.17, 15) is 18.4 Å². The van der Waals surface area contributed by atoms with Crippen molar-refractivity contribution in [2.45, 2.75) is 33.0 Å². The Kier molecular flexibility index (Phi) is 4.79. The summed E-state index contributed by atoms with van der Waals surface area (Å²) in [4.78, 5) is 28.7. The van der Waals surface area contributed by atoms with Crippen LogP contribution in [0.2, 0.25) is 0 Å². The third-order valence-corrected chi connectivity index (χ3v) is 3.80. The Balaban J connectivity index is 1.96. The largest absolute Gasteiger partial charge is 0.453 e. The van der Waals surface area contributed by atoms with Crippen LogP contribution in [0.1, 0.15) is 42.8 Å². The lowest BCUT2D eigenvalue weighted by Crippen LogP contribution is -2.28. The van der Waals surface area contributed by atoms with Crippen molar-refractivity contribution in [3.05, 3.63) is 58.5 Å². The number of hydrogen-bond donors (Lipinski definition) is 0. The van der Waals surface area contributed by atoms with Crippen molar-refractivity contribution in [2.24, 2.45) is 0 Å². The molecular formula is C17H16F2N4O3. The van der Waals surface area contributed by atoms with Crippen molar-refractivity contribution in [1.82, 2.24) is 19.3 Å². The third-order valence-electron chi connectivity index (χ3n) is 3.80. The zero-order chi connectivity index (χ0) is 18.8. The normalized spacial score (nSPS) is 11.5. The van der Waals surface area contributed by atoms with E-state index in [1.54, 1.807) is 38.1 Å². The number of fused-ring (bicyclic) bond motifs is 1. The lowest BCUT2D eigenvalue weighted by Gasteiger charge is -2.13. The topological polar surface area (TPSA) is 79.0 Å². The molecule has 9 heteroatoms. The van der Waals surface area contributed by atoms with Crippen molar-refractivity contribution in [1.29, 1.82) is 0 Å². The molecule has 26 heavy (non-hydrogen) atoms. The molecule has 136 valence electrons. The summed E-state index contributed by atoms with van der Waals surface area (Å²) < 4.78 is 32.6. The van der Waals surface area contributed by atoms with Crippen LogP contribution in [0.25, 0.3) is 10.8 Å². The highest BCUT2D eigenvalue weighted by Gasteiger charge is 2.20. The van der Waals surface area contributed by atoms with Gasteiger partial charge in [0.1, 0.15) is 6.61 Å². The molecule has 0 atom stereocenters. The van der Waals surface area contributed by atoms with Crippen LogP contribution in [0, 0.1) is 0 Å². The highest BCUT2D eigenvalue weighted by Crippen LogP contribution is 2.17. The van der Waals surface area contributed by atoms with Crippen molar-refractivity contribution >= 4 is 16.7 Å². The van der Waals surface area contributed by atoms with Gasteiger partial charge in [-0.3, -0.25) is 9.36 Å². The van der Waals surface area contributed by atoms with E-state index in [0.29, 0.717) is 15.3 Å². The molecule has 0 aliphatic carbocycles. The molecule has 0 aliphatic rings. The lowest BCUT2D eigenvalue weighted by molar-refractivity contribution is 0.0370. The summed E-state index contributed by atoms with van der Waals surface area (Å²) in [6.45, 7) is 0.302. The molecule has 3 aromatic rings. The van der Waals surface area contributed by atoms with Crippen molar-refractivity contribution in [3.8, 4) is 0 Å². The molecule has 0 spiro atoms. The van der Waals surface area contributed by atoms with Crippen LogP contribution >= 0.6 is 0 Å². The van der Waals surface area contributed by atoms with E-state index >= 15 is 0 Å². The van der Waals surface area contributed by atoms with Crippen molar-refractivity contribution < 1.29 is 18.3 Å². The van der Waals surface area contributed by atoms with E-state index in [2.05, 4.69) is 10.1 Å². The predicted molar refractivity (Wildman–Crippen MR) is 89.0 cm³/mol. The Morgan fingerprint density at radius 2 is 1.92 bits per heavy atom. The van der Waals surface area contributed by atoms with Crippen LogP contribution in [0.4, 0.5) is 8.78 Å². The number of halogens is 2. The number of aromatic nitrogens is 4. The molecule has 0 fully saturated rings. The number of benzene rings is 1. The number of carbonyl (C=O) groups excluding carboxylic acids is 1. The molecule has 1 aromatic carbocycles. The summed E-state index contributed by atoms with van der Waals surface area (Å²) in [5.41, 5.74) is -0.371. The van der Waals surface area contributed by atoms with Gasteiger partial charge in [0, 0.05) is 17.8 Å². The van der Waals surface area contributed by atoms with Crippen molar-refractivity contribution in [3.63, 3.8) is 0 Å². The summed E-state index contributed by atoms with van der Waals surface area (Å²) in [6.07, 6.45) is 2.29. The minimum Gasteiger partial charge on any atom is -0.453 e. The first-order valence-corrected chi connectivity index (χ1v) is 7.88. The predicted octanol–water partition coefficient (Wildman–Crippen LogP) is 2.93. The smallest absolute Gasteiger partial charge is 0.359 e. The highest BCUT2D eigenvalue weighted by molar-refractivity contribution is 6.02. The number of nitrogens with zero attached hydrogens (tertiary/aromatic N) is 4. The number of rotatable bonds is 5. The number of hydrogen-bond acceptors (Lipinski definition) is 5. The Labute approximate surface area is 146 Å². The van der Waals surface area contributed by atoms with Gasteiger partial charge in [0.2, 0.25) is 0 Å².